The third kappa shape index (κ3) is 2.78. The van der Waals surface area contributed by atoms with Gasteiger partial charge in [0.15, 0.2) is 0 Å². The van der Waals surface area contributed by atoms with E-state index in [1.54, 1.807) is 0 Å². The highest BCUT2D eigenvalue weighted by atomic mass is 35.5. The number of allylic oxidation sites excluding steroid dienone is 4. The first-order chi connectivity index (χ1) is 7.33. The fourth-order valence-corrected chi connectivity index (χ4v) is 2.53. The van der Waals surface area contributed by atoms with Crippen LogP contribution in [0.1, 0.15) is 46.5 Å². The van der Waals surface area contributed by atoms with Crippen molar-refractivity contribution in [2.24, 2.45) is 5.92 Å². The predicted molar refractivity (Wildman–Crippen MR) is 65.9 cm³/mol. The van der Waals surface area contributed by atoms with Gasteiger partial charge in [0.25, 0.3) is 0 Å². The molecule has 0 spiro atoms. The van der Waals surface area contributed by atoms with Crippen molar-refractivity contribution in [2.45, 2.75) is 46.5 Å². The van der Waals surface area contributed by atoms with E-state index in [9.17, 15) is 0 Å². The number of hydrogen-bond donors (Lipinski definition) is 0. The third-order valence-electron chi connectivity index (χ3n) is 2.90. The lowest BCUT2D eigenvalue weighted by atomic mass is 9.87. The van der Waals surface area contributed by atoms with Crippen molar-refractivity contribution >= 4 is 11.6 Å². The van der Waals surface area contributed by atoms with E-state index in [0.29, 0.717) is 5.92 Å². The van der Waals surface area contributed by atoms with Crippen molar-refractivity contribution in [3.8, 4) is 0 Å². The maximum absolute atomic E-state index is 6.19. The van der Waals surface area contributed by atoms with E-state index >= 15 is 0 Å². The van der Waals surface area contributed by atoms with Gasteiger partial charge in [-0.25, -0.2) is 0 Å². The molecule has 0 aromatic heterocycles. The first-order valence-corrected chi connectivity index (χ1v) is 6.42. The van der Waals surface area contributed by atoms with Crippen molar-refractivity contribution in [1.29, 1.82) is 0 Å². The van der Waals surface area contributed by atoms with E-state index in [4.69, 9.17) is 16.3 Å². The summed E-state index contributed by atoms with van der Waals surface area (Å²) >= 11 is 6.19. The molecule has 0 saturated carbocycles. The second kappa shape index (κ2) is 6.22. The van der Waals surface area contributed by atoms with Gasteiger partial charge in [-0.05, 0) is 25.2 Å². The summed E-state index contributed by atoms with van der Waals surface area (Å²) in [6.07, 6.45) is 6.50. The fraction of sp³-hybridized carbons (Fsp3) is 0.692. The van der Waals surface area contributed by atoms with Gasteiger partial charge in [0.2, 0.25) is 0 Å². The lowest BCUT2D eigenvalue weighted by Gasteiger charge is -2.30. The van der Waals surface area contributed by atoms with E-state index in [2.05, 4.69) is 13.0 Å². The molecule has 1 heterocycles. The Morgan fingerprint density at radius 2 is 2.20 bits per heavy atom. The van der Waals surface area contributed by atoms with Crippen LogP contribution in [0.15, 0.2) is 22.4 Å². The van der Waals surface area contributed by atoms with Crippen LogP contribution in [0.25, 0.3) is 0 Å². The molecule has 0 aromatic rings. The van der Waals surface area contributed by atoms with Crippen molar-refractivity contribution in [3.05, 3.63) is 22.4 Å². The van der Waals surface area contributed by atoms with Crippen LogP contribution in [0.2, 0.25) is 0 Å². The van der Waals surface area contributed by atoms with Gasteiger partial charge in [-0.15, -0.1) is 0 Å². The highest BCUT2D eigenvalue weighted by Crippen LogP contribution is 2.39. The summed E-state index contributed by atoms with van der Waals surface area (Å²) in [6, 6.07) is 0. The number of halogens is 1. The van der Waals surface area contributed by atoms with Crippen LogP contribution in [-0.2, 0) is 4.74 Å². The highest BCUT2D eigenvalue weighted by Gasteiger charge is 2.26. The molecule has 0 bridgehead atoms. The molecule has 1 aliphatic heterocycles. The molecule has 1 atom stereocenters. The molecule has 1 aliphatic carbocycles. The summed E-state index contributed by atoms with van der Waals surface area (Å²) in [5.41, 5.74) is 1.29. The minimum absolute atomic E-state index is 0.632. The Morgan fingerprint density at radius 1 is 1.47 bits per heavy atom. The molecule has 2 rings (SSSR count). The van der Waals surface area contributed by atoms with Gasteiger partial charge in [-0.2, -0.15) is 0 Å². The van der Waals surface area contributed by atoms with Crippen LogP contribution >= 0.6 is 11.6 Å². The quantitative estimate of drug-likeness (QED) is 0.636. The van der Waals surface area contributed by atoms with Gasteiger partial charge in [0, 0.05) is 17.0 Å². The van der Waals surface area contributed by atoms with Gasteiger partial charge >= 0.3 is 0 Å². The first kappa shape index (κ1) is 12.6. The molecule has 0 saturated heterocycles. The van der Waals surface area contributed by atoms with Crippen LogP contribution < -0.4 is 0 Å². The van der Waals surface area contributed by atoms with Crippen molar-refractivity contribution in [3.63, 3.8) is 0 Å². The standard InChI is InChI=1S/C11H15ClO.C2H6/c1-2-8-6-7-13-10-5-3-4-9(12)11(8)10;1-2/h4,8H,2-3,5-7H2,1H3;1-2H3/t8-;/m0./s1. The van der Waals surface area contributed by atoms with Gasteiger partial charge in [0.05, 0.1) is 6.61 Å². The largest absolute Gasteiger partial charge is 0.498 e. The van der Waals surface area contributed by atoms with Crippen LogP contribution in [0.5, 0.6) is 0 Å². The molecule has 15 heavy (non-hydrogen) atoms. The molecule has 2 heteroatoms. The second-order valence-corrected chi connectivity index (χ2v) is 4.08. The normalized spacial score (nSPS) is 24.5. The number of ether oxygens (including phenoxy) is 1. The van der Waals surface area contributed by atoms with Crippen LogP contribution in [0, 0.1) is 5.92 Å². The summed E-state index contributed by atoms with van der Waals surface area (Å²) in [5, 5.41) is 0.938. The van der Waals surface area contributed by atoms with E-state index < -0.39 is 0 Å². The Kier molecular flexibility index (Phi) is 5.24. The first-order valence-electron chi connectivity index (χ1n) is 6.04. The molecular weight excluding hydrogens is 208 g/mol. The summed E-state index contributed by atoms with van der Waals surface area (Å²) in [6.45, 7) is 7.10. The molecule has 1 nitrogen and oxygen atoms in total. The Labute approximate surface area is 98.2 Å². The Bertz CT molecular complexity index is 266. The monoisotopic (exact) mass is 228 g/mol. The second-order valence-electron chi connectivity index (χ2n) is 3.67. The molecule has 0 unspecified atom stereocenters. The zero-order valence-electron chi connectivity index (χ0n) is 9.98. The molecule has 0 fully saturated rings. The molecule has 0 N–H and O–H groups in total. The average molecular weight is 229 g/mol. The average Bonchev–Trinajstić information content (AvgIpc) is 2.31. The van der Waals surface area contributed by atoms with Gasteiger partial charge < -0.3 is 4.74 Å². The van der Waals surface area contributed by atoms with Crippen LogP contribution in [-0.4, -0.2) is 6.61 Å². The van der Waals surface area contributed by atoms with Crippen molar-refractivity contribution in [1.82, 2.24) is 0 Å². The molecule has 0 amide bonds. The summed E-state index contributed by atoms with van der Waals surface area (Å²) in [7, 11) is 0. The predicted octanol–water partition coefficient (Wildman–Crippen LogP) is 4.63. The zero-order valence-corrected chi connectivity index (χ0v) is 10.7. The Balaban J connectivity index is 0.000000531. The van der Waals surface area contributed by atoms with E-state index in [0.717, 1.165) is 36.7 Å². The molecule has 86 valence electrons. The van der Waals surface area contributed by atoms with Crippen LogP contribution in [0.3, 0.4) is 0 Å². The maximum Gasteiger partial charge on any atom is 0.101 e. The third-order valence-corrected chi connectivity index (χ3v) is 3.25. The van der Waals surface area contributed by atoms with Gasteiger partial charge in [-0.1, -0.05) is 38.4 Å². The molecule has 0 radical (unpaired) electrons. The number of rotatable bonds is 1. The van der Waals surface area contributed by atoms with Gasteiger partial charge in [0.1, 0.15) is 5.76 Å². The lowest BCUT2D eigenvalue weighted by Crippen LogP contribution is -2.18. The van der Waals surface area contributed by atoms with E-state index in [1.807, 2.05) is 13.8 Å². The summed E-state index contributed by atoms with van der Waals surface area (Å²) in [5.74, 6) is 1.79. The van der Waals surface area contributed by atoms with Crippen molar-refractivity contribution in [2.75, 3.05) is 6.61 Å². The SMILES string of the molecule is CC.CC[C@H]1CCOC2=C1C(Cl)=CCC2. The maximum atomic E-state index is 6.19. The minimum Gasteiger partial charge on any atom is -0.498 e. The smallest absolute Gasteiger partial charge is 0.101 e. The molecule has 0 aromatic carbocycles. The molecule has 2 aliphatic rings. The summed E-state index contributed by atoms with van der Waals surface area (Å²) < 4.78 is 5.64. The Hall–Kier alpha value is -0.430. The van der Waals surface area contributed by atoms with E-state index in [1.165, 1.54) is 12.0 Å². The Morgan fingerprint density at radius 3 is 2.87 bits per heavy atom. The van der Waals surface area contributed by atoms with Crippen molar-refractivity contribution < 1.29 is 4.74 Å². The highest BCUT2D eigenvalue weighted by molar-refractivity contribution is 6.32. The number of hydrogen-bond acceptors (Lipinski definition) is 1. The van der Waals surface area contributed by atoms with Gasteiger partial charge in [-0.3, -0.25) is 0 Å². The fourth-order valence-electron chi connectivity index (χ4n) is 2.16. The lowest BCUT2D eigenvalue weighted by molar-refractivity contribution is 0.156. The topological polar surface area (TPSA) is 9.23 Å². The van der Waals surface area contributed by atoms with Crippen LogP contribution in [0.4, 0.5) is 0 Å². The van der Waals surface area contributed by atoms with E-state index in [-0.39, 0.29) is 0 Å². The minimum atomic E-state index is 0.632. The summed E-state index contributed by atoms with van der Waals surface area (Å²) in [4.78, 5) is 0. The zero-order chi connectivity index (χ0) is 11.3. The molecular formula is C13H21ClO.